The molecule has 1 heterocycles. The summed E-state index contributed by atoms with van der Waals surface area (Å²) in [5, 5.41) is 6.40. The summed E-state index contributed by atoms with van der Waals surface area (Å²) < 4.78 is 44.2. The molecule has 174 valence electrons. The van der Waals surface area contributed by atoms with Crippen molar-refractivity contribution in [2.75, 3.05) is 23.8 Å². The number of hydrogen-bond acceptors (Lipinski definition) is 8. The number of methoxy groups -OCH3 is 1. The van der Waals surface area contributed by atoms with Crippen molar-refractivity contribution in [1.29, 1.82) is 0 Å². The van der Waals surface area contributed by atoms with Crippen LogP contribution < -0.4 is 14.8 Å². The van der Waals surface area contributed by atoms with Crippen molar-refractivity contribution in [2.24, 2.45) is 0 Å². The lowest BCUT2D eigenvalue weighted by molar-refractivity contribution is -0.114. The van der Waals surface area contributed by atoms with Gasteiger partial charge in [-0.25, -0.2) is 13.2 Å². The van der Waals surface area contributed by atoms with Crippen molar-refractivity contribution >= 4 is 33.5 Å². The summed E-state index contributed by atoms with van der Waals surface area (Å²) in [6.45, 7) is 4.93. The molecule has 0 aliphatic carbocycles. The summed E-state index contributed by atoms with van der Waals surface area (Å²) >= 11 is 0. The number of nitrogens with zero attached hydrogens (tertiary/aromatic N) is 1. The molecule has 0 atom stereocenters. The van der Waals surface area contributed by atoms with Gasteiger partial charge in [-0.3, -0.25) is 14.8 Å². The summed E-state index contributed by atoms with van der Waals surface area (Å²) in [6.07, 6.45) is 0. The third-order valence-electron chi connectivity index (χ3n) is 4.54. The number of benzene rings is 2. The number of nitrogens with one attached hydrogen (secondary N) is 2. The Morgan fingerprint density at radius 1 is 1.12 bits per heavy atom. The lowest BCUT2D eigenvalue weighted by Gasteiger charge is -2.14. The van der Waals surface area contributed by atoms with Gasteiger partial charge in [-0.15, -0.1) is 0 Å². The van der Waals surface area contributed by atoms with Gasteiger partial charge in [-0.1, -0.05) is 11.2 Å². The Morgan fingerprint density at radius 3 is 2.42 bits per heavy atom. The van der Waals surface area contributed by atoms with Crippen molar-refractivity contribution < 1.29 is 32.0 Å². The van der Waals surface area contributed by atoms with Gasteiger partial charge in [0.2, 0.25) is 11.8 Å². The normalized spacial score (nSPS) is 11.0. The van der Waals surface area contributed by atoms with E-state index in [1.807, 2.05) is 0 Å². The largest absolute Gasteiger partial charge is 0.495 e. The maximum atomic E-state index is 13.2. The molecule has 0 bridgehead atoms. The van der Waals surface area contributed by atoms with Crippen molar-refractivity contribution in [3.05, 3.63) is 53.7 Å². The number of aryl methyl sites for hydroxylation is 1. The van der Waals surface area contributed by atoms with Gasteiger partial charge in [0, 0.05) is 12.6 Å². The van der Waals surface area contributed by atoms with Crippen LogP contribution in [0.1, 0.15) is 29.9 Å². The number of carbonyl (C=O) groups is 2. The zero-order chi connectivity index (χ0) is 24.2. The van der Waals surface area contributed by atoms with E-state index < -0.39 is 16.0 Å². The molecule has 11 heteroatoms. The molecule has 33 heavy (non-hydrogen) atoms. The van der Waals surface area contributed by atoms with Gasteiger partial charge >= 0.3 is 5.97 Å². The van der Waals surface area contributed by atoms with Crippen LogP contribution >= 0.6 is 0 Å². The van der Waals surface area contributed by atoms with Gasteiger partial charge < -0.3 is 14.0 Å². The number of amides is 1. The van der Waals surface area contributed by atoms with Gasteiger partial charge in [-0.05, 0) is 55.8 Å². The molecule has 2 aromatic carbocycles. The molecule has 2 N–H and O–H groups in total. The molecule has 0 unspecified atom stereocenters. The predicted octanol–water partition coefficient (Wildman–Crippen LogP) is 3.59. The molecular formula is C22H23N3O7S. The van der Waals surface area contributed by atoms with E-state index in [-0.39, 0.29) is 34.7 Å². The molecule has 3 rings (SSSR count). The highest BCUT2D eigenvalue weighted by atomic mass is 32.2. The van der Waals surface area contributed by atoms with Crippen LogP contribution in [0.25, 0.3) is 11.1 Å². The monoisotopic (exact) mass is 473 g/mol. The van der Waals surface area contributed by atoms with Crippen molar-refractivity contribution in [1.82, 2.24) is 5.16 Å². The Hall–Kier alpha value is -3.86. The van der Waals surface area contributed by atoms with Gasteiger partial charge in [0.1, 0.15) is 10.6 Å². The number of rotatable bonds is 8. The first-order valence-corrected chi connectivity index (χ1v) is 11.4. The molecule has 0 spiro atoms. The summed E-state index contributed by atoms with van der Waals surface area (Å²) in [7, 11) is -2.73. The maximum absolute atomic E-state index is 13.2. The lowest BCUT2D eigenvalue weighted by Crippen LogP contribution is -2.14. The van der Waals surface area contributed by atoms with E-state index in [1.54, 1.807) is 19.9 Å². The third kappa shape index (κ3) is 5.32. The minimum Gasteiger partial charge on any atom is -0.495 e. The van der Waals surface area contributed by atoms with Crippen LogP contribution in [-0.2, 0) is 19.6 Å². The van der Waals surface area contributed by atoms with E-state index in [0.29, 0.717) is 22.4 Å². The number of carbonyl (C=O) groups excluding carboxylic acids is 2. The smallest absolute Gasteiger partial charge is 0.338 e. The first kappa shape index (κ1) is 23.8. The zero-order valence-electron chi connectivity index (χ0n) is 18.5. The summed E-state index contributed by atoms with van der Waals surface area (Å²) in [4.78, 5) is 23.2. The van der Waals surface area contributed by atoms with Crippen LogP contribution in [0.15, 0.2) is 51.9 Å². The predicted molar refractivity (Wildman–Crippen MR) is 121 cm³/mol. The molecule has 0 aliphatic rings. The molecule has 10 nitrogen and oxygen atoms in total. The third-order valence-corrected chi connectivity index (χ3v) is 5.94. The number of esters is 1. The average Bonchev–Trinajstić information content (AvgIpc) is 3.13. The number of aromatic nitrogens is 1. The second-order valence-corrected chi connectivity index (χ2v) is 8.57. The van der Waals surface area contributed by atoms with Gasteiger partial charge in [-0.2, -0.15) is 0 Å². The van der Waals surface area contributed by atoms with Crippen LogP contribution in [0.5, 0.6) is 5.75 Å². The Kier molecular flexibility index (Phi) is 7.02. The number of sulfonamides is 1. The quantitative estimate of drug-likeness (QED) is 0.474. The summed E-state index contributed by atoms with van der Waals surface area (Å²) in [6, 6.07) is 10.4. The molecular weight excluding hydrogens is 450 g/mol. The van der Waals surface area contributed by atoms with E-state index in [0.717, 1.165) is 0 Å². The molecule has 3 aromatic rings. The maximum Gasteiger partial charge on any atom is 0.338 e. The van der Waals surface area contributed by atoms with Crippen LogP contribution in [0.2, 0.25) is 0 Å². The first-order valence-electron chi connectivity index (χ1n) is 9.88. The van der Waals surface area contributed by atoms with E-state index in [4.69, 9.17) is 14.0 Å². The number of anilines is 2. The minimum atomic E-state index is -4.09. The Morgan fingerprint density at radius 2 is 1.82 bits per heavy atom. The molecule has 0 saturated heterocycles. The highest BCUT2D eigenvalue weighted by Gasteiger charge is 2.24. The van der Waals surface area contributed by atoms with Crippen molar-refractivity contribution in [2.45, 2.75) is 25.7 Å². The highest BCUT2D eigenvalue weighted by molar-refractivity contribution is 7.92. The molecule has 1 aromatic heterocycles. The fourth-order valence-corrected chi connectivity index (χ4v) is 4.35. The lowest BCUT2D eigenvalue weighted by atomic mass is 10.1. The Balaban J connectivity index is 1.98. The second kappa shape index (κ2) is 9.74. The van der Waals surface area contributed by atoms with Crippen LogP contribution in [0.3, 0.4) is 0 Å². The highest BCUT2D eigenvalue weighted by Crippen LogP contribution is 2.36. The molecule has 0 saturated carbocycles. The second-order valence-electron chi connectivity index (χ2n) is 6.92. The Bertz CT molecular complexity index is 1280. The van der Waals surface area contributed by atoms with Crippen LogP contribution in [0.4, 0.5) is 11.6 Å². The number of ether oxygens (including phenoxy) is 2. The standard InChI is InChI=1S/C22H23N3O7S/c1-5-31-22(27)15-6-9-17(10-7-15)25-33(28,29)19-12-16(8-11-18(19)30-4)20-13(2)24-32-21(20)23-14(3)26/h6-12,25H,5H2,1-4H3,(H,23,26). The van der Waals surface area contributed by atoms with E-state index >= 15 is 0 Å². The van der Waals surface area contributed by atoms with Crippen LogP contribution in [0, 0.1) is 6.92 Å². The SMILES string of the molecule is CCOC(=O)c1ccc(NS(=O)(=O)c2cc(-c3c(C)noc3NC(C)=O)ccc2OC)cc1. The minimum absolute atomic E-state index is 0.107. The van der Waals surface area contributed by atoms with E-state index in [1.165, 1.54) is 50.4 Å². The average molecular weight is 474 g/mol. The van der Waals surface area contributed by atoms with Crippen molar-refractivity contribution in [3.63, 3.8) is 0 Å². The molecule has 0 radical (unpaired) electrons. The molecule has 1 amide bonds. The number of hydrogen-bond donors (Lipinski definition) is 2. The molecule has 0 fully saturated rings. The van der Waals surface area contributed by atoms with Crippen molar-refractivity contribution in [3.8, 4) is 16.9 Å². The van der Waals surface area contributed by atoms with E-state index in [9.17, 15) is 18.0 Å². The Labute approximate surface area is 190 Å². The van der Waals surface area contributed by atoms with Gasteiger partial charge in [0.25, 0.3) is 10.0 Å². The fraction of sp³-hybridized carbons (Fsp3) is 0.227. The fourth-order valence-electron chi connectivity index (χ4n) is 3.10. The molecule has 0 aliphatic heterocycles. The summed E-state index contributed by atoms with van der Waals surface area (Å²) in [5.41, 5.74) is 1.91. The zero-order valence-corrected chi connectivity index (χ0v) is 19.3. The van der Waals surface area contributed by atoms with Crippen LogP contribution in [-0.4, -0.2) is 39.2 Å². The topological polar surface area (TPSA) is 137 Å². The van der Waals surface area contributed by atoms with Gasteiger partial charge in [0.15, 0.2) is 0 Å². The summed E-state index contributed by atoms with van der Waals surface area (Å²) in [5.74, 6) is -0.636. The first-order chi connectivity index (χ1) is 15.7. The van der Waals surface area contributed by atoms with E-state index in [2.05, 4.69) is 15.2 Å². The van der Waals surface area contributed by atoms with Gasteiger partial charge in [0.05, 0.1) is 30.5 Å².